The largest absolute Gasteiger partial charge is 0.328 e. The van der Waals surface area contributed by atoms with Crippen LogP contribution in [-0.4, -0.2) is 12.0 Å². The number of aromatic nitrogens is 2. The van der Waals surface area contributed by atoms with Gasteiger partial charge in [-0.1, -0.05) is 44.6 Å². The van der Waals surface area contributed by atoms with Crippen LogP contribution in [0, 0.1) is 0 Å². The average Bonchev–Trinajstić information content (AvgIpc) is 2.55. The van der Waals surface area contributed by atoms with Crippen LogP contribution in [0.1, 0.15) is 45.9 Å². The van der Waals surface area contributed by atoms with Gasteiger partial charge in [0.05, 0.1) is 12.4 Å². The normalized spacial score (nSPS) is 11.8. The van der Waals surface area contributed by atoms with Crippen molar-refractivity contribution in [3.05, 3.63) is 48.4 Å². The van der Waals surface area contributed by atoms with Gasteiger partial charge in [-0.3, -0.25) is 0 Å². The zero-order chi connectivity index (χ0) is 17.0. The molecule has 0 aliphatic heterocycles. The lowest BCUT2D eigenvalue weighted by Gasteiger charge is -2.17. The van der Waals surface area contributed by atoms with E-state index in [1.807, 2.05) is 14.0 Å². The number of para-hydroxylation sites is 1. The molecule has 0 fully saturated rings. The standard InChI is InChI=1S/C20H28N3/c1-7-8-9-12-16(4)19-21-20(22(5)15(2)3)17-13-10-11-14-18(17)23(19)6/h10-14H,2,7-9H2,1,3-6H3/q+1. The van der Waals surface area contributed by atoms with E-state index >= 15 is 0 Å². The number of benzene rings is 1. The van der Waals surface area contributed by atoms with Gasteiger partial charge in [-0.05, 0) is 37.4 Å². The minimum absolute atomic E-state index is 0.962. The first kappa shape index (κ1) is 17.2. The van der Waals surface area contributed by atoms with Gasteiger partial charge in [-0.2, -0.15) is 0 Å². The lowest BCUT2D eigenvalue weighted by Crippen LogP contribution is -2.36. The van der Waals surface area contributed by atoms with Crippen molar-refractivity contribution in [1.29, 1.82) is 0 Å². The third kappa shape index (κ3) is 3.61. The number of anilines is 1. The first-order valence-corrected chi connectivity index (χ1v) is 8.32. The molecule has 3 nitrogen and oxygen atoms in total. The number of hydrogen-bond donors (Lipinski definition) is 0. The van der Waals surface area contributed by atoms with Crippen molar-refractivity contribution >= 4 is 22.3 Å². The molecule has 1 heterocycles. The van der Waals surface area contributed by atoms with Crippen molar-refractivity contribution in [3.63, 3.8) is 0 Å². The van der Waals surface area contributed by atoms with E-state index in [1.165, 1.54) is 23.9 Å². The molecule has 0 saturated carbocycles. The molecule has 0 N–H and O–H groups in total. The van der Waals surface area contributed by atoms with Gasteiger partial charge in [0.1, 0.15) is 5.52 Å². The zero-order valence-electron chi connectivity index (χ0n) is 15.1. The number of nitrogens with zero attached hydrogens (tertiary/aromatic N) is 3. The molecule has 0 aliphatic carbocycles. The van der Waals surface area contributed by atoms with Crippen molar-refractivity contribution in [3.8, 4) is 0 Å². The summed E-state index contributed by atoms with van der Waals surface area (Å²) in [4.78, 5) is 7.02. The van der Waals surface area contributed by atoms with Gasteiger partial charge in [0.25, 0.3) is 5.82 Å². The minimum atomic E-state index is 0.962. The van der Waals surface area contributed by atoms with Gasteiger partial charge in [-0.25, -0.2) is 4.57 Å². The molecule has 2 rings (SSSR count). The van der Waals surface area contributed by atoms with Crippen molar-refractivity contribution in [2.75, 3.05) is 11.9 Å². The van der Waals surface area contributed by atoms with Gasteiger partial charge in [-0.15, -0.1) is 0 Å². The van der Waals surface area contributed by atoms with Crippen molar-refractivity contribution in [1.82, 2.24) is 4.98 Å². The molecule has 0 amide bonds. The first-order chi connectivity index (χ1) is 11.0. The molecular weight excluding hydrogens is 282 g/mol. The smallest absolute Gasteiger partial charge is 0.313 e. The Morgan fingerprint density at radius 2 is 2.00 bits per heavy atom. The van der Waals surface area contributed by atoms with Gasteiger partial charge >= 0.3 is 5.82 Å². The molecule has 3 heteroatoms. The molecule has 0 radical (unpaired) electrons. The summed E-state index contributed by atoms with van der Waals surface area (Å²) in [5, 5.41) is 1.14. The van der Waals surface area contributed by atoms with E-state index in [4.69, 9.17) is 4.98 Å². The highest BCUT2D eigenvalue weighted by molar-refractivity contribution is 5.88. The van der Waals surface area contributed by atoms with Crippen LogP contribution < -0.4 is 9.47 Å². The Kier molecular flexibility index (Phi) is 5.54. The van der Waals surface area contributed by atoms with Crippen LogP contribution in [0.25, 0.3) is 16.5 Å². The van der Waals surface area contributed by atoms with Gasteiger partial charge in [0.2, 0.25) is 0 Å². The molecule has 1 aromatic carbocycles. The van der Waals surface area contributed by atoms with Crippen LogP contribution in [0.3, 0.4) is 0 Å². The van der Waals surface area contributed by atoms with E-state index in [0.717, 1.165) is 29.1 Å². The van der Waals surface area contributed by atoms with E-state index < -0.39 is 0 Å². The molecule has 0 bridgehead atoms. The Morgan fingerprint density at radius 3 is 2.65 bits per heavy atom. The Hall–Kier alpha value is -2.16. The maximum absolute atomic E-state index is 4.96. The summed E-state index contributed by atoms with van der Waals surface area (Å²) in [5.74, 6) is 1.98. The summed E-state index contributed by atoms with van der Waals surface area (Å²) in [6, 6.07) is 8.41. The molecule has 23 heavy (non-hydrogen) atoms. The predicted octanol–water partition coefficient (Wildman–Crippen LogP) is 4.62. The summed E-state index contributed by atoms with van der Waals surface area (Å²) in [7, 11) is 4.11. The van der Waals surface area contributed by atoms with E-state index in [2.05, 4.69) is 67.3 Å². The molecule has 2 aromatic rings. The van der Waals surface area contributed by atoms with Crippen molar-refractivity contribution in [2.45, 2.75) is 40.0 Å². The first-order valence-electron chi connectivity index (χ1n) is 8.32. The maximum atomic E-state index is 4.96. The van der Waals surface area contributed by atoms with Crippen LogP contribution in [0.4, 0.5) is 5.82 Å². The number of aryl methyl sites for hydroxylation is 1. The van der Waals surface area contributed by atoms with Crippen LogP contribution in [0.5, 0.6) is 0 Å². The van der Waals surface area contributed by atoms with Crippen LogP contribution in [0.15, 0.2) is 42.6 Å². The van der Waals surface area contributed by atoms with E-state index in [1.54, 1.807) is 0 Å². The maximum Gasteiger partial charge on any atom is 0.328 e. The lowest BCUT2D eigenvalue weighted by atomic mass is 10.1. The Bertz CT molecular complexity index is 744. The second-order valence-electron chi connectivity index (χ2n) is 6.16. The average molecular weight is 310 g/mol. The Labute approximate surface area is 140 Å². The highest BCUT2D eigenvalue weighted by atomic mass is 15.2. The summed E-state index contributed by atoms with van der Waals surface area (Å²) in [5.41, 5.74) is 3.39. The molecule has 0 saturated heterocycles. The third-order valence-electron chi connectivity index (χ3n) is 4.29. The van der Waals surface area contributed by atoms with E-state index in [-0.39, 0.29) is 0 Å². The fraction of sp³-hybridized carbons (Fsp3) is 0.400. The monoisotopic (exact) mass is 310 g/mol. The molecule has 0 unspecified atom stereocenters. The highest BCUT2D eigenvalue weighted by Crippen LogP contribution is 2.25. The Morgan fingerprint density at radius 1 is 1.30 bits per heavy atom. The fourth-order valence-electron chi connectivity index (χ4n) is 2.71. The summed E-state index contributed by atoms with van der Waals surface area (Å²) < 4.78 is 2.18. The van der Waals surface area contributed by atoms with Gasteiger partial charge in [0, 0.05) is 18.3 Å². The second-order valence-corrected chi connectivity index (χ2v) is 6.16. The van der Waals surface area contributed by atoms with E-state index in [9.17, 15) is 0 Å². The molecule has 0 atom stereocenters. The molecule has 122 valence electrons. The zero-order valence-corrected chi connectivity index (χ0v) is 15.1. The molecular formula is C20H28N3+. The summed E-state index contributed by atoms with van der Waals surface area (Å²) in [6.07, 6.45) is 5.82. The fourth-order valence-corrected chi connectivity index (χ4v) is 2.71. The van der Waals surface area contributed by atoms with Gasteiger partial charge in [0.15, 0.2) is 0 Å². The molecule has 0 spiro atoms. The second kappa shape index (κ2) is 7.40. The van der Waals surface area contributed by atoms with Crippen molar-refractivity contribution in [2.24, 2.45) is 7.05 Å². The number of hydrogen-bond acceptors (Lipinski definition) is 2. The highest BCUT2D eigenvalue weighted by Gasteiger charge is 2.23. The number of unbranched alkanes of at least 4 members (excludes halogenated alkanes) is 2. The van der Waals surface area contributed by atoms with Crippen LogP contribution in [-0.2, 0) is 7.05 Å². The minimum Gasteiger partial charge on any atom is -0.313 e. The topological polar surface area (TPSA) is 20.0 Å². The number of allylic oxidation sites excluding steroid dienone is 3. The molecule has 0 aliphatic rings. The SMILES string of the molecule is C=C(C)N(C)c1nc(C(C)=CCCCC)[n+](C)c2ccccc12. The third-order valence-corrected chi connectivity index (χ3v) is 4.29. The molecule has 1 aromatic heterocycles. The predicted molar refractivity (Wildman–Crippen MR) is 99.3 cm³/mol. The summed E-state index contributed by atoms with van der Waals surface area (Å²) in [6.45, 7) is 10.4. The lowest BCUT2D eigenvalue weighted by molar-refractivity contribution is -0.650. The quantitative estimate of drug-likeness (QED) is 0.573. The van der Waals surface area contributed by atoms with Crippen LogP contribution >= 0.6 is 0 Å². The van der Waals surface area contributed by atoms with Gasteiger partial charge < -0.3 is 4.90 Å². The van der Waals surface area contributed by atoms with Crippen molar-refractivity contribution < 1.29 is 4.57 Å². The number of fused-ring (bicyclic) bond motifs is 1. The Balaban J connectivity index is 2.64. The number of rotatable bonds is 6. The summed E-state index contributed by atoms with van der Waals surface area (Å²) >= 11 is 0. The van der Waals surface area contributed by atoms with E-state index in [0.29, 0.717) is 0 Å². The van der Waals surface area contributed by atoms with Crippen LogP contribution in [0.2, 0.25) is 0 Å².